The number of ether oxygens (including phenoxy) is 1. The van der Waals surface area contributed by atoms with Gasteiger partial charge in [-0.15, -0.1) is 0 Å². The van der Waals surface area contributed by atoms with Gasteiger partial charge in [0, 0.05) is 30.8 Å². The summed E-state index contributed by atoms with van der Waals surface area (Å²) in [5.41, 5.74) is 7.10. The Morgan fingerprint density at radius 2 is 2.07 bits per heavy atom. The first-order valence-corrected chi connectivity index (χ1v) is 6.64. The summed E-state index contributed by atoms with van der Waals surface area (Å²) in [6.07, 6.45) is 0. The van der Waals surface area contributed by atoms with E-state index in [1.165, 1.54) is 0 Å². The van der Waals surface area contributed by atoms with Gasteiger partial charge >= 0.3 is 0 Å². The minimum atomic E-state index is -0.694. The fraction of sp³-hybridized carbons (Fsp3) is 0.0909. The molecular formula is C11H13IN2O. The van der Waals surface area contributed by atoms with Crippen LogP contribution in [0.25, 0.3) is 0 Å². The zero-order valence-corrected chi connectivity index (χ0v) is 10.6. The van der Waals surface area contributed by atoms with E-state index >= 15 is 0 Å². The first kappa shape index (κ1) is 11.9. The maximum atomic E-state index is 7.22. The van der Waals surface area contributed by atoms with Crippen LogP contribution in [-0.2, 0) is 0 Å². The molecule has 15 heavy (non-hydrogen) atoms. The van der Waals surface area contributed by atoms with E-state index in [1.54, 1.807) is 28.3 Å². The fourth-order valence-corrected chi connectivity index (χ4v) is 1.86. The van der Waals surface area contributed by atoms with Gasteiger partial charge in [0.25, 0.3) is 0 Å². The van der Waals surface area contributed by atoms with Crippen molar-refractivity contribution < 1.29 is 4.74 Å². The van der Waals surface area contributed by atoms with Crippen molar-refractivity contribution >= 4 is 26.7 Å². The number of hydrogen-bond acceptors (Lipinski definition) is 3. The Kier molecular flexibility index (Phi) is 4.48. The molecule has 0 aliphatic carbocycles. The van der Waals surface area contributed by atoms with Crippen LogP contribution in [0, 0.1) is 3.56 Å². The summed E-state index contributed by atoms with van der Waals surface area (Å²) in [7, 11) is 0. The average Bonchev–Trinajstić information content (AvgIpc) is 2.20. The Morgan fingerprint density at radius 3 is 2.53 bits per heavy atom. The first-order chi connectivity index (χ1) is 7.13. The van der Waals surface area contributed by atoms with E-state index in [1.807, 2.05) is 6.92 Å². The van der Waals surface area contributed by atoms with Gasteiger partial charge in [0.2, 0.25) is 0 Å². The lowest BCUT2D eigenvalue weighted by Gasteiger charge is -2.08. The highest BCUT2D eigenvalue weighted by atomic mass is 127. The summed E-state index contributed by atoms with van der Waals surface area (Å²) in [5.74, 6) is 1.40. The van der Waals surface area contributed by atoms with Crippen LogP contribution in [0.4, 0.5) is 5.69 Å². The molecule has 4 heteroatoms. The van der Waals surface area contributed by atoms with Gasteiger partial charge in [-0.05, 0) is 36.8 Å². The maximum absolute atomic E-state index is 7.22. The van der Waals surface area contributed by atoms with Crippen molar-refractivity contribution in [2.24, 2.45) is 0 Å². The minimum absolute atomic E-state index is 0.683. The molecule has 0 saturated heterocycles. The van der Waals surface area contributed by atoms with Crippen LogP contribution in [-0.4, -0.2) is 0 Å². The van der Waals surface area contributed by atoms with Crippen molar-refractivity contribution in [3.63, 3.8) is 0 Å². The van der Waals surface area contributed by atoms with Gasteiger partial charge in [-0.3, -0.25) is 3.56 Å². The molecule has 0 amide bonds. The zero-order chi connectivity index (χ0) is 11.3. The Balaban J connectivity index is 2.83. The Hall–Kier alpha value is -1.17. The minimum Gasteiger partial charge on any atom is -0.457 e. The molecule has 1 rings (SSSR count). The summed E-state index contributed by atoms with van der Waals surface area (Å²) in [5, 5.41) is 0. The molecule has 0 aliphatic rings. The van der Waals surface area contributed by atoms with Crippen molar-refractivity contribution in [2.45, 2.75) is 6.92 Å². The van der Waals surface area contributed by atoms with Crippen LogP contribution in [0.5, 0.6) is 5.75 Å². The van der Waals surface area contributed by atoms with Gasteiger partial charge in [0.15, 0.2) is 0 Å². The van der Waals surface area contributed by atoms with Crippen LogP contribution in [0.1, 0.15) is 6.92 Å². The van der Waals surface area contributed by atoms with E-state index in [-0.39, 0.29) is 0 Å². The molecule has 0 bridgehead atoms. The molecule has 0 aromatic heterocycles. The van der Waals surface area contributed by atoms with Crippen molar-refractivity contribution in [3.05, 3.63) is 46.3 Å². The summed E-state index contributed by atoms with van der Waals surface area (Å²) in [6.45, 7) is 5.67. The number of halogens is 1. The first-order valence-electron chi connectivity index (χ1n) is 4.32. The van der Waals surface area contributed by atoms with Gasteiger partial charge in [0.1, 0.15) is 11.5 Å². The van der Waals surface area contributed by atoms with Crippen LogP contribution in [0.15, 0.2) is 46.3 Å². The van der Waals surface area contributed by atoms with Gasteiger partial charge in [-0.1, -0.05) is 6.58 Å². The number of rotatable bonds is 4. The lowest BCUT2D eigenvalue weighted by molar-refractivity contribution is 0.439. The average molecular weight is 316 g/mol. The molecule has 0 radical (unpaired) electrons. The number of anilines is 1. The normalized spacial score (nSPS) is 11.1. The third-order valence-electron chi connectivity index (χ3n) is 1.68. The lowest BCUT2D eigenvalue weighted by Crippen LogP contribution is -1.95. The summed E-state index contributed by atoms with van der Waals surface area (Å²) >= 11 is -0.694. The maximum Gasteiger partial charge on any atom is 0.136 e. The standard InChI is InChI=1S/C11H13IN2O/c1-8(2)11(7-12-14)15-10-5-3-9(13)4-6-10/h3-7,14H,1,13H2,2H3/b11-7+. The SMILES string of the molecule is C=C(C)/C(=C\I=N)Oc1ccc(N)cc1. The largest absolute Gasteiger partial charge is 0.457 e. The zero-order valence-electron chi connectivity index (χ0n) is 8.46. The van der Waals surface area contributed by atoms with Crippen LogP contribution >= 0.6 is 21.0 Å². The fourth-order valence-electron chi connectivity index (χ4n) is 0.915. The number of nitrogen functional groups attached to an aromatic ring is 1. The Bertz CT molecular complexity index is 396. The molecule has 0 atom stereocenters. The Morgan fingerprint density at radius 1 is 1.47 bits per heavy atom. The monoisotopic (exact) mass is 316 g/mol. The van der Waals surface area contributed by atoms with Gasteiger partial charge < -0.3 is 10.5 Å². The van der Waals surface area contributed by atoms with Crippen molar-refractivity contribution in [3.8, 4) is 5.75 Å². The van der Waals surface area contributed by atoms with Crippen LogP contribution < -0.4 is 10.5 Å². The van der Waals surface area contributed by atoms with Crippen molar-refractivity contribution in [1.82, 2.24) is 0 Å². The van der Waals surface area contributed by atoms with Crippen LogP contribution in [0.2, 0.25) is 0 Å². The second kappa shape index (κ2) is 5.65. The predicted molar refractivity (Wildman–Crippen MR) is 71.1 cm³/mol. The predicted octanol–water partition coefficient (Wildman–Crippen LogP) is 3.80. The third kappa shape index (κ3) is 3.83. The molecule has 0 saturated carbocycles. The molecule has 0 fully saturated rings. The highest BCUT2D eigenvalue weighted by Crippen LogP contribution is 2.20. The highest BCUT2D eigenvalue weighted by Gasteiger charge is 2.00. The highest BCUT2D eigenvalue weighted by molar-refractivity contribution is 14.2. The van der Waals surface area contributed by atoms with Gasteiger partial charge in [-0.2, -0.15) is 0 Å². The van der Waals surface area contributed by atoms with E-state index < -0.39 is 21.0 Å². The molecule has 1 aromatic rings. The molecular weight excluding hydrogens is 303 g/mol. The lowest BCUT2D eigenvalue weighted by atomic mass is 10.3. The van der Waals surface area contributed by atoms with Gasteiger partial charge in [-0.25, -0.2) is 0 Å². The molecule has 3 N–H and O–H groups in total. The van der Waals surface area contributed by atoms with Crippen molar-refractivity contribution in [2.75, 3.05) is 5.73 Å². The molecule has 0 unspecified atom stereocenters. The molecule has 0 spiro atoms. The number of nitrogens with one attached hydrogen (secondary N) is 1. The summed E-state index contributed by atoms with van der Waals surface area (Å²) in [4.78, 5) is 0. The molecule has 80 valence electrons. The number of nitrogens with two attached hydrogens (primary N) is 1. The second-order valence-electron chi connectivity index (χ2n) is 3.03. The van der Waals surface area contributed by atoms with E-state index in [0.29, 0.717) is 11.4 Å². The number of benzene rings is 1. The van der Waals surface area contributed by atoms with E-state index in [2.05, 4.69) is 6.58 Å². The summed E-state index contributed by atoms with van der Waals surface area (Å²) in [6, 6.07) is 7.16. The number of allylic oxidation sites excluding steroid dienone is 1. The topological polar surface area (TPSA) is 59.1 Å². The molecule has 0 heterocycles. The second-order valence-corrected chi connectivity index (χ2v) is 4.28. The van der Waals surface area contributed by atoms with Crippen molar-refractivity contribution in [1.29, 1.82) is 3.56 Å². The third-order valence-corrected chi connectivity index (χ3v) is 2.56. The number of hydrogen-bond donors (Lipinski definition) is 2. The smallest absolute Gasteiger partial charge is 0.136 e. The molecule has 3 nitrogen and oxygen atoms in total. The van der Waals surface area contributed by atoms with Crippen LogP contribution in [0.3, 0.4) is 0 Å². The van der Waals surface area contributed by atoms with E-state index in [4.69, 9.17) is 14.0 Å². The van der Waals surface area contributed by atoms with E-state index in [9.17, 15) is 0 Å². The van der Waals surface area contributed by atoms with Gasteiger partial charge in [0.05, 0.1) is 0 Å². The quantitative estimate of drug-likeness (QED) is 0.384. The molecule has 0 aliphatic heterocycles. The summed E-state index contributed by atoms with van der Waals surface area (Å²) < 4.78 is 14.6. The Labute approximate surface area is 99.6 Å². The molecule has 1 aromatic carbocycles. The van der Waals surface area contributed by atoms with E-state index in [0.717, 1.165) is 11.3 Å².